The standard InChI is InChI=1S/C13H11NO4S/c1-10-9-11(14(15)16)7-8-13(10)19(17,18)12-5-3-2-4-6-12/h2-9H,1H3. The van der Waals surface area contributed by atoms with Crippen LogP contribution in [0.3, 0.4) is 0 Å². The van der Waals surface area contributed by atoms with E-state index in [0.29, 0.717) is 5.56 Å². The van der Waals surface area contributed by atoms with E-state index in [2.05, 4.69) is 0 Å². The largest absolute Gasteiger partial charge is 0.269 e. The van der Waals surface area contributed by atoms with E-state index in [-0.39, 0.29) is 15.5 Å². The molecule has 0 spiro atoms. The second kappa shape index (κ2) is 4.81. The smallest absolute Gasteiger partial charge is 0.258 e. The second-order valence-corrected chi connectivity index (χ2v) is 5.94. The zero-order chi connectivity index (χ0) is 14.0. The molecular formula is C13H11NO4S. The normalized spacial score (nSPS) is 11.2. The first-order chi connectivity index (χ1) is 8.93. The highest BCUT2D eigenvalue weighted by atomic mass is 32.2. The van der Waals surface area contributed by atoms with Gasteiger partial charge in [0.1, 0.15) is 0 Å². The van der Waals surface area contributed by atoms with E-state index < -0.39 is 14.8 Å². The lowest BCUT2D eigenvalue weighted by Crippen LogP contribution is -2.04. The van der Waals surface area contributed by atoms with Gasteiger partial charge in [-0.15, -0.1) is 0 Å². The first kappa shape index (κ1) is 13.2. The van der Waals surface area contributed by atoms with Gasteiger partial charge in [0.05, 0.1) is 14.7 Å². The Morgan fingerprint density at radius 1 is 1.05 bits per heavy atom. The van der Waals surface area contributed by atoms with E-state index in [1.54, 1.807) is 25.1 Å². The first-order valence-corrected chi connectivity index (χ1v) is 6.96. The third-order valence-corrected chi connectivity index (χ3v) is 4.64. The molecule has 0 unspecified atom stereocenters. The lowest BCUT2D eigenvalue weighted by atomic mass is 10.2. The van der Waals surface area contributed by atoms with Crippen LogP contribution in [-0.4, -0.2) is 13.3 Å². The van der Waals surface area contributed by atoms with Crippen molar-refractivity contribution in [2.75, 3.05) is 0 Å². The molecule has 2 aromatic rings. The van der Waals surface area contributed by atoms with Gasteiger partial charge in [0.15, 0.2) is 0 Å². The molecule has 5 nitrogen and oxygen atoms in total. The van der Waals surface area contributed by atoms with Crippen molar-refractivity contribution in [1.82, 2.24) is 0 Å². The molecule has 6 heteroatoms. The summed E-state index contributed by atoms with van der Waals surface area (Å²) < 4.78 is 24.7. The third kappa shape index (κ3) is 2.48. The molecule has 0 aliphatic rings. The number of benzene rings is 2. The Morgan fingerprint density at radius 3 is 2.21 bits per heavy atom. The van der Waals surface area contributed by atoms with Crippen molar-refractivity contribution in [2.24, 2.45) is 0 Å². The first-order valence-electron chi connectivity index (χ1n) is 5.48. The summed E-state index contributed by atoms with van der Waals surface area (Å²) in [6, 6.07) is 11.7. The predicted molar refractivity (Wildman–Crippen MR) is 69.7 cm³/mol. The summed E-state index contributed by atoms with van der Waals surface area (Å²) in [5, 5.41) is 10.6. The number of hydrogen-bond donors (Lipinski definition) is 0. The van der Waals surface area contributed by atoms with Crippen LogP contribution >= 0.6 is 0 Å². The van der Waals surface area contributed by atoms with E-state index in [1.165, 1.54) is 30.3 Å². The fourth-order valence-electron chi connectivity index (χ4n) is 1.78. The van der Waals surface area contributed by atoms with Crippen LogP contribution in [0.25, 0.3) is 0 Å². The molecule has 98 valence electrons. The van der Waals surface area contributed by atoms with Gasteiger partial charge >= 0.3 is 0 Å². The number of nitro groups is 1. The van der Waals surface area contributed by atoms with Crippen molar-refractivity contribution >= 4 is 15.5 Å². The van der Waals surface area contributed by atoms with Crippen LogP contribution in [0.15, 0.2) is 58.3 Å². The van der Waals surface area contributed by atoms with Crippen molar-refractivity contribution in [3.63, 3.8) is 0 Å². The summed E-state index contributed by atoms with van der Waals surface area (Å²) in [5.74, 6) is 0. The molecule has 0 N–H and O–H groups in total. The average Bonchev–Trinajstić information content (AvgIpc) is 2.39. The topological polar surface area (TPSA) is 77.3 Å². The zero-order valence-corrected chi connectivity index (χ0v) is 10.9. The van der Waals surface area contributed by atoms with Crippen molar-refractivity contribution in [2.45, 2.75) is 16.7 Å². The molecule has 0 bridgehead atoms. The van der Waals surface area contributed by atoms with Gasteiger partial charge in [0, 0.05) is 12.1 Å². The van der Waals surface area contributed by atoms with Crippen molar-refractivity contribution in [1.29, 1.82) is 0 Å². The molecule has 0 atom stereocenters. The molecule has 19 heavy (non-hydrogen) atoms. The number of hydrogen-bond acceptors (Lipinski definition) is 4. The lowest BCUT2D eigenvalue weighted by Gasteiger charge is -2.07. The molecule has 0 heterocycles. The predicted octanol–water partition coefficient (Wildman–Crippen LogP) is 2.74. The van der Waals surface area contributed by atoms with Gasteiger partial charge < -0.3 is 0 Å². The number of nitro benzene ring substituents is 1. The van der Waals surface area contributed by atoms with Gasteiger partial charge in [-0.25, -0.2) is 8.42 Å². The minimum Gasteiger partial charge on any atom is -0.258 e. The minimum absolute atomic E-state index is 0.0873. The Hall–Kier alpha value is -2.21. The van der Waals surface area contributed by atoms with Crippen LogP contribution < -0.4 is 0 Å². The maximum absolute atomic E-state index is 12.4. The molecule has 0 aliphatic heterocycles. The van der Waals surface area contributed by atoms with Crippen molar-refractivity contribution < 1.29 is 13.3 Å². The maximum atomic E-state index is 12.4. The van der Waals surface area contributed by atoms with E-state index in [1.807, 2.05) is 0 Å². The summed E-state index contributed by atoms with van der Waals surface area (Å²) >= 11 is 0. The quantitative estimate of drug-likeness (QED) is 0.638. The van der Waals surface area contributed by atoms with Crippen LogP contribution in [0, 0.1) is 17.0 Å². The monoisotopic (exact) mass is 277 g/mol. The van der Waals surface area contributed by atoms with E-state index >= 15 is 0 Å². The second-order valence-electron chi connectivity index (χ2n) is 4.02. The molecule has 0 radical (unpaired) electrons. The molecule has 0 amide bonds. The van der Waals surface area contributed by atoms with Crippen LogP contribution in [0.2, 0.25) is 0 Å². The summed E-state index contributed by atoms with van der Waals surface area (Å²) in [5.41, 5.74) is 0.238. The number of aryl methyl sites for hydroxylation is 1. The molecular weight excluding hydrogens is 266 g/mol. The Kier molecular flexibility index (Phi) is 3.35. The van der Waals surface area contributed by atoms with Gasteiger partial charge in [-0.3, -0.25) is 10.1 Å². The average molecular weight is 277 g/mol. The van der Waals surface area contributed by atoms with E-state index in [0.717, 1.165) is 0 Å². The molecule has 0 aromatic heterocycles. The van der Waals surface area contributed by atoms with Gasteiger partial charge in [-0.1, -0.05) is 18.2 Å². The van der Waals surface area contributed by atoms with Gasteiger partial charge in [-0.2, -0.15) is 0 Å². The van der Waals surface area contributed by atoms with Crippen molar-refractivity contribution in [3.05, 3.63) is 64.2 Å². The number of non-ortho nitro benzene ring substituents is 1. The van der Waals surface area contributed by atoms with Gasteiger partial charge in [0.2, 0.25) is 9.84 Å². The Bertz CT molecular complexity index is 724. The highest BCUT2D eigenvalue weighted by Gasteiger charge is 2.21. The fourth-order valence-corrected chi connectivity index (χ4v) is 3.27. The third-order valence-electron chi connectivity index (χ3n) is 2.71. The molecule has 0 aliphatic carbocycles. The summed E-state index contributed by atoms with van der Waals surface area (Å²) in [6.07, 6.45) is 0. The van der Waals surface area contributed by atoms with Crippen LogP contribution in [0.5, 0.6) is 0 Å². The Balaban J connectivity index is 2.57. The van der Waals surface area contributed by atoms with Crippen molar-refractivity contribution in [3.8, 4) is 0 Å². The molecule has 2 aromatic carbocycles. The van der Waals surface area contributed by atoms with Crippen LogP contribution in [-0.2, 0) is 9.84 Å². The Labute approximate surface area is 110 Å². The number of rotatable bonds is 3. The highest BCUT2D eigenvalue weighted by molar-refractivity contribution is 7.91. The van der Waals surface area contributed by atoms with Crippen LogP contribution in [0.1, 0.15) is 5.56 Å². The maximum Gasteiger partial charge on any atom is 0.269 e. The number of sulfone groups is 1. The molecule has 0 saturated carbocycles. The summed E-state index contributed by atoms with van der Waals surface area (Å²) in [6.45, 7) is 1.54. The fraction of sp³-hybridized carbons (Fsp3) is 0.0769. The number of nitrogens with zero attached hydrogens (tertiary/aromatic N) is 1. The Morgan fingerprint density at radius 2 is 1.68 bits per heavy atom. The van der Waals surface area contributed by atoms with E-state index in [4.69, 9.17) is 0 Å². The lowest BCUT2D eigenvalue weighted by molar-refractivity contribution is -0.385. The van der Waals surface area contributed by atoms with Crippen LogP contribution in [0.4, 0.5) is 5.69 Å². The highest BCUT2D eigenvalue weighted by Crippen LogP contribution is 2.26. The summed E-state index contributed by atoms with van der Waals surface area (Å²) in [7, 11) is -3.63. The zero-order valence-electron chi connectivity index (χ0n) is 10.1. The van der Waals surface area contributed by atoms with E-state index in [9.17, 15) is 18.5 Å². The van der Waals surface area contributed by atoms with Gasteiger partial charge in [-0.05, 0) is 30.7 Å². The SMILES string of the molecule is Cc1cc([N+](=O)[O-])ccc1S(=O)(=O)c1ccccc1. The summed E-state index contributed by atoms with van der Waals surface area (Å²) in [4.78, 5) is 10.4. The molecule has 2 rings (SSSR count). The van der Waals surface area contributed by atoms with Gasteiger partial charge in [0.25, 0.3) is 5.69 Å². The molecule has 0 saturated heterocycles. The minimum atomic E-state index is -3.63. The molecule has 0 fully saturated rings.